The fourth-order valence-corrected chi connectivity index (χ4v) is 3.52. The Hall–Kier alpha value is -2.35. The molecular weight excluding hydrogens is 258 g/mol. The molecule has 1 atom stereocenters. The van der Waals surface area contributed by atoms with Gasteiger partial charge in [-0.3, -0.25) is 4.79 Å². The van der Waals surface area contributed by atoms with Crippen LogP contribution in [0.15, 0.2) is 54.6 Å². The van der Waals surface area contributed by atoms with Crippen molar-refractivity contribution in [2.75, 3.05) is 11.4 Å². The maximum atomic E-state index is 12.8. The number of amides is 1. The number of carbonyl (C=O) groups is 1. The Morgan fingerprint density at radius 3 is 2.71 bits per heavy atom. The molecule has 0 bridgehead atoms. The van der Waals surface area contributed by atoms with Gasteiger partial charge in [0, 0.05) is 23.7 Å². The van der Waals surface area contributed by atoms with Gasteiger partial charge in [0.05, 0.1) is 0 Å². The Morgan fingerprint density at radius 2 is 1.90 bits per heavy atom. The van der Waals surface area contributed by atoms with Gasteiger partial charge in [-0.25, -0.2) is 0 Å². The number of nitrogens with zero attached hydrogens (tertiary/aromatic N) is 1. The van der Waals surface area contributed by atoms with Crippen molar-refractivity contribution in [3.63, 3.8) is 0 Å². The van der Waals surface area contributed by atoms with E-state index in [1.165, 1.54) is 16.7 Å². The first-order valence-electron chi connectivity index (χ1n) is 7.42. The van der Waals surface area contributed by atoms with Crippen molar-refractivity contribution < 1.29 is 4.79 Å². The van der Waals surface area contributed by atoms with Gasteiger partial charge in [0.2, 0.25) is 0 Å². The molecule has 1 aliphatic heterocycles. The van der Waals surface area contributed by atoms with Crippen LogP contribution in [-0.4, -0.2) is 12.5 Å². The first-order chi connectivity index (χ1) is 10.3. The summed E-state index contributed by atoms with van der Waals surface area (Å²) in [7, 11) is 0. The van der Waals surface area contributed by atoms with Gasteiger partial charge in [-0.05, 0) is 48.2 Å². The van der Waals surface area contributed by atoms with Crippen LogP contribution in [0, 0.1) is 0 Å². The fourth-order valence-electron chi connectivity index (χ4n) is 3.52. The van der Waals surface area contributed by atoms with E-state index in [0.29, 0.717) is 5.92 Å². The van der Waals surface area contributed by atoms with Crippen molar-refractivity contribution >= 4 is 17.2 Å². The molecule has 0 spiro atoms. The third-order valence-corrected chi connectivity index (χ3v) is 4.58. The maximum Gasteiger partial charge on any atom is 0.258 e. The van der Waals surface area contributed by atoms with E-state index in [-0.39, 0.29) is 5.91 Å². The highest BCUT2D eigenvalue weighted by atomic mass is 16.2. The highest BCUT2D eigenvalue weighted by Crippen LogP contribution is 2.46. The van der Waals surface area contributed by atoms with Gasteiger partial charge in [0.25, 0.3) is 5.91 Å². The molecule has 2 aromatic rings. The molecule has 2 nitrogen and oxygen atoms in total. The number of carbonyl (C=O) groups excluding carboxylic acids is 1. The van der Waals surface area contributed by atoms with Crippen molar-refractivity contribution in [3.8, 4) is 0 Å². The summed E-state index contributed by atoms with van der Waals surface area (Å²) in [5.41, 5.74) is 5.86. The van der Waals surface area contributed by atoms with Gasteiger partial charge < -0.3 is 4.90 Å². The van der Waals surface area contributed by atoms with E-state index >= 15 is 0 Å². The molecule has 0 saturated heterocycles. The summed E-state index contributed by atoms with van der Waals surface area (Å²) in [4.78, 5) is 14.7. The summed E-state index contributed by atoms with van der Waals surface area (Å²) in [6, 6.07) is 15.9. The summed E-state index contributed by atoms with van der Waals surface area (Å²) >= 11 is 0. The standard InChI is InChI=1S/C19H17NO/c1-13-10-11-15-12-20(17-9-5-8-16(13)18(15)17)19(21)14-6-3-2-4-7-14/h2-10,15H,11-12H2,1H3/t15-/m0/s1. The molecule has 2 aliphatic rings. The quantitative estimate of drug-likeness (QED) is 0.762. The molecule has 0 fully saturated rings. The maximum absolute atomic E-state index is 12.8. The van der Waals surface area contributed by atoms with Crippen LogP contribution in [0.4, 0.5) is 5.69 Å². The van der Waals surface area contributed by atoms with E-state index < -0.39 is 0 Å². The van der Waals surface area contributed by atoms with Gasteiger partial charge in [0.15, 0.2) is 0 Å². The molecule has 0 N–H and O–H groups in total. The summed E-state index contributed by atoms with van der Waals surface area (Å²) < 4.78 is 0. The van der Waals surface area contributed by atoms with Crippen molar-refractivity contribution in [2.45, 2.75) is 19.3 Å². The lowest BCUT2D eigenvalue weighted by Gasteiger charge is -2.18. The Kier molecular flexibility index (Phi) is 2.71. The molecule has 0 radical (unpaired) electrons. The molecule has 1 aliphatic carbocycles. The average Bonchev–Trinajstić information content (AvgIpc) is 2.91. The molecular formula is C19H17NO. The Balaban J connectivity index is 1.79. The van der Waals surface area contributed by atoms with Gasteiger partial charge in [-0.1, -0.05) is 36.4 Å². The van der Waals surface area contributed by atoms with Crippen molar-refractivity contribution in [3.05, 3.63) is 71.3 Å². The first-order valence-corrected chi connectivity index (χ1v) is 7.42. The second-order valence-corrected chi connectivity index (χ2v) is 5.84. The van der Waals surface area contributed by atoms with Gasteiger partial charge >= 0.3 is 0 Å². The van der Waals surface area contributed by atoms with Crippen LogP contribution in [-0.2, 0) is 0 Å². The van der Waals surface area contributed by atoms with E-state index in [9.17, 15) is 4.79 Å². The highest BCUT2D eigenvalue weighted by Gasteiger charge is 2.35. The van der Waals surface area contributed by atoms with Crippen LogP contribution in [0.5, 0.6) is 0 Å². The minimum atomic E-state index is 0.107. The van der Waals surface area contributed by atoms with E-state index in [4.69, 9.17) is 0 Å². The topological polar surface area (TPSA) is 20.3 Å². The van der Waals surface area contributed by atoms with Gasteiger partial charge in [-0.15, -0.1) is 0 Å². The lowest BCUT2D eigenvalue weighted by molar-refractivity contribution is 0.0988. The van der Waals surface area contributed by atoms with Crippen molar-refractivity contribution in [1.29, 1.82) is 0 Å². The van der Waals surface area contributed by atoms with E-state index in [0.717, 1.165) is 24.2 Å². The third kappa shape index (κ3) is 1.83. The van der Waals surface area contributed by atoms with Crippen LogP contribution in [0.2, 0.25) is 0 Å². The van der Waals surface area contributed by atoms with Crippen LogP contribution in [0.25, 0.3) is 5.57 Å². The molecule has 1 amide bonds. The zero-order chi connectivity index (χ0) is 14.4. The normalized spacial score (nSPS) is 19.2. The molecule has 21 heavy (non-hydrogen) atoms. The molecule has 0 aromatic heterocycles. The highest BCUT2D eigenvalue weighted by molar-refractivity contribution is 6.08. The number of rotatable bonds is 1. The number of hydrogen-bond donors (Lipinski definition) is 0. The molecule has 2 heteroatoms. The first kappa shape index (κ1) is 12.4. The predicted octanol–water partition coefficient (Wildman–Crippen LogP) is 4.24. The number of benzene rings is 2. The van der Waals surface area contributed by atoms with Crippen LogP contribution in [0.1, 0.15) is 40.7 Å². The van der Waals surface area contributed by atoms with Gasteiger partial charge in [-0.2, -0.15) is 0 Å². The van der Waals surface area contributed by atoms with Crippen LogP contribution in [0.3, 0.4) is 0 Å². The second-order valence-electron chi connectivity index (χ2n) is 5.84. The van der Waals surface area contributed by atoms with Crippen LogP contribution < -0.4 is 4.90 Å². The monoisotopic (exact) mass is 275 g/mol. The zero-order valence-corrected chi connectivity index (χ0v) is 12.0. The molecule has 0 unspecified atom stereocenters. The second kappa shape index (κ2) is 4.59. The SMILES string of the molecule is CC1=CC[C@H]2CN(C(=O)c3ccccc3)c3cccc1c32. The van der Waals surface area contributed by atoms with E-state index in [1.54, 1.807) is 0 Å². The number of anilines is 1. The van der Waals surface area contributed by atoms with Crippen molar-refractivity contribution in [1.82, 2.24) is 0 Å². The zero-order valence-electron chi connectivity index (χ0n) is 12.0. The molecule has 2 aromatic carbocycles. The number of allylic oxidation sites excluding steroid dienone is 2. The molecule has 4 rings (SSSR count). The third-order valence-electron chi connectivity index (χ3n) is 4.58. The minimum absolute atomic E-state index is 0.107. The Bertz CT molecular complexity index is 745. The minimum Gasteiger partial charge on any atom is -0.307 e. The average molecular weight is 275 g/mol. The summed E-state index contributed by atoms with van der Waals surface area (Å²) in [6.45, 7) is 2.96. The smallest absolute Gasteiger partial charge is 0.258 e. The largest absolute Gasteiger partial charge is 0.307 e. The van der Waals surface area contributed by atoms with E-state index in [1.807, 2.05) is 35.2 Å². The summed E-state index contributed by atoms with van der Waals surface area (Å²) in [5, 5.41) is 0. The summed E-state index contributed by atoms with van der Waals surface area (Å²) in [5.74, 6) is 0.559. The molecule has 104 valence electrons. The van der Waals surface area contributed by atoms with Crippen LogP contribution >= 0.6 is 0 Å². The van der Waals surface area contributed by atoms with Crippen molar-refractivity contribution in [2.24, 2.45) is 0 Å². The molecule has 1 heterocycles. The summed E-state index contributed by atoms with van der Waals surface area (Å²) in [6.07, 6.45) is 3.34. The number of hydrogen-bond acceptors (Lipinski definition) is 1. The predicted molar refractivity (Wildman–Crippen MR) is 85.6 cm³/mol. The van der Waals surface area contributed by atoms with E-state index in [2.05, 4.69) is 31.2 Å². The lowest BCUT2D eigenvalue weighted by Crippen LogP contribution is -2.29. The fraction of sp³-hybridized carbons (Fsp3) is 0.211. The molecule has 0 saturated carbocycles. The lowest BCUT2D eigenvalue weighted by atomic mass is 9.85. The van der Waals surface area contributed by atoms with Gasteiger partial charge in [0.1, 0.15) is 0 Å². The Morgan fingerprint density at radius 1 is 1.10 bits per heavy atom. The Labute approximate surface area is 124 Å².